The Labute approximate surface area is 54.5 Å². The van der Waals surface area contributed by atoms with Crippen molar-refractivity contribution in [1.29, 1.82) is 5.53 Å². The lowest BCUT2D eigenvalue weighted by Gasteiger charge is -2.06. The lowest BCUT2D eigenvalue weighted by molar-refractivity contribution is 0.531. The molecule has 1 atom stereocenters. The van der Waals surface area contributed by atoms with Gasteiger partial charge in [0.05, 0.1) is 0 Å². The van der Waals surface area contributed by atoms with Gasteiger partial charge in [0.2, 0.25) is 0 Å². The summed E-state index contributed by atoms with van der Waals surface area (Å²) in [5, 5.41) is 6.34. The van der Waals surface area contributed by atoms with Crippen LogP contribution in [0, 0.1) is 5.53 Å². The predicted molar refractivity (Wildman–Crippen MR) is 34.2 cm³/mol. The molecule has 4 nitrogen and oxygen atoms in total. The van der Waals surface area contributed by atoms with Crippen molar-refractivity contribution in [3.05, 3.63) is 0 Å². The highest BCUT2D eigenvalue weighted by atomic mass is 15.4. The predicted octanol–water partition coefficient (Wildman–Crippen LogP) is 0.274. The highest BCUT2D eigenvalue weighted by molar-refractivity contribution is 4.74. The molecule has 0 radical (unpaired) electrons. The van der Waals surface area contributed by atoms with Crippen LogP contribution in [-0.4, -0.2) is 19.1 Å². The normalized spacial score (nSPS) is 26.0. The van der Waals surface area contributed by atoms with Gasteiger partial charge >= 0.3 is 0 Å². The third kappa shape index (κ3) is 1.97. The van der Waals surface area contributed by atoms with Crippen molar-refractivity contribution in [2.24, 2.45) is 5.22 Å². The van der Waals surface area contributed by atoms with E-state index in [0.717, 1.165) is 13.1 Å². The molecular weight excluding hydrogens is 116 g/mol. The summed E-state index contributed by atoms with van der Waals surface area (Å²) in [7, 11) is 0. The maximum Gasteiger partial charge on any atom is 0.0500 e. The lowest BCUT2D eigenvalue weighted by atomic mass is 10.2. The second kappa shape index (κ2) is 3.40. The molecule has 0 aromatic carbocycles. The largest absolute Gasteiger partial charge is 0.312 e. The van der Waals surface area contributed by atoms with Crippen LogP contribution in [0.5, 0.6) is 0 Å². The summed E-state index contributed by atoms with van der Waals surface area (Å²) in [6.45, 7) is 1.91. The lowest BCUT2D eigenvalue weighted by Crippen LogP contribution is -2.31. The number of rotatable bonds is 3. The second-order valence-corrected chi connectivity index (χ2v) is 2.27. The Morgan fingerprint density at radius 2 is 2.67 bits per heavy atom. The fourth-order valence-electron chi connectivity index (χ4n) is 1.09. The summed E-state index contributed by atoms with van der Waals surface area (Å²) in [5.74, 6) is 0. The van der Waals surface area contributed by atoms with Crippen molar-refractivity contribution in [3.8, 4) is 0 Å². The summed E-state index contributed by atoms with van der Waals surface area (Å²) in [6.07, 6.45) is 2.47. The van der Waals surface area contributed by atoms with Gasteiger partial charge in [-0.2, -0.15) is 5.53 Å². The molecule has 1 saturated heterocycles. The van der Waals surface area contributed by atoms with Gasteiger partial charge in [-0.15, -0.1) is 0 Å². The molecule has 3 N–H and O–H groups in total. The minimum absolute atomic E-state index is 0.541. The number of hydrogen-bond donors (Lipinski definition) is 3. The summed E-state index contributed by atoms with van der Waals surface area (Å²) in [6, 6.07) is 0.541. The molecule has 9 heavy (non-hydrogen) atoms. The maximum atomic E-state index is 6.45. The van der Waals surface area contributed by atoms with Crippen LogP contribution in [-0.2, 0) is 0 Å². The van der Waals surface area contributed by atoms with Crippen LogP contribution in [0.3, 0.4) is 0 Å². The standard InChI is InChI=1S/C5H12N4/c6-9-8-4-5-2-1-3-7-5/h5,7H,1-4H2,(H2,6,8). The quantitative estimate of drug-likeness (QED) is 0.377. The van der Waals surface area contributed by atoms with Crippen molar-refractivity contribution in [3.63, 3.8) is 0 Å². The van der Waals surface area contributed by atoms with Gasteiger partial charge in [0.1, 0.15) is 0 Å². The zero-order chi connectivity index (χ0) is 6.53. The van der Waals surface area contributed by atoms with Gasteiger partial charge in [-0.05, 0) is 19.4 Å². The molecular formula is C5H12N4. The molecule has 0 spiro atoms. The summed E-state index contributed by atoms with van der Waals surface area (Å²) >= 11 is 0. The third-order valence-corrected chi connectivity index (χ3v) is 1.58. The molecule has 0 saturated carbocycles. The van der Waals surface area contributed by atoms with Gasteiger partial charge in [0.15, 0.2) is 0 Å². The van der Waals surface area contributed by atoms with E-state index in [-0.39, 0.29) is 0 Å². The molecule has 1 aliphatic heterocycles. The summed E-state index contributed by atoms with van der Waals surface area (Å²) in [4.78, 5) is 0. The van der Waals surface area contributed by atoms with E-state index in [2.05, 4.69) is 16.0 Å². The van der Waals surface area contributed by atoms with E-state index in [1.165, 1.54) is 12.8 Å². The van der Waals surface area contributed by atoms with Gasteiger partial charge in [-0.3, -0.25) is 5.43 Å². The summed E-state index contributed by atoms with van der Waals surface area (Å²) < 4.78 is 0. The van der Waals surface area contributed by atoms with Crippen LogP contribution in [0.4, 0.5) is 0 Å². The highest BCUT2D eigenvalue weighted by Gasteiger charge is 2.12. The van der Waals surface area contributed by atoms with Crippen LogP contribution in [0.25, 0.3) is 0 Å². The Bertz CT molecular complexity index is 87.0. The Morgan fingerprint density at radius 1 is 1.78 bits per heavy atom. The van der Waals surface area contributed by atoms with Crippen LogP contribution in [0.15, 0.2) is 5.22 Å². The SMILES string of the molecule is N=NNCC1CCCN1. The first-order valence-corrected chi connectivity index (χ1v) is 3.26. The molecule has 0 aliphatic carbocycles. The van der Waals surface area contributed by atoms with Crippen LogP contribution < -0.4 is 10.7 Å². The van der Waals surface area contributed by atoms with E-state index in [0.29, 0.717) is 6.04 Å². The van der Waals surface area contributed by atoms with Crippen LogP contribution >= 0.6 is 0 Å². The van der Waals surface area contributed by atoms with E-state index in [9.17, 15) is 0 Å². The fourth-order valence-corrected chi connectivity index (χ4v) is 1.09. The molecule has 1 unspecified atom stereocenters. The molecule has 0 bridgehead atoms. The molecule has 52 valence electrons. The third-order valence-electron chi connectivity index (χ3n) is 1.58. The maximum absolute atomic E-state index is 6.45. The minimum atomic E-state index is 0.541. The highest BCUT2D eigenvalue weighted by Crippen LogP contribution is 2.02. The topological polar surface area (TPSA) is 60.3 Å². The average Bonchev–Trinajstić information content (AvgIpc) is 2.34. The van der Waals surface area contributed by atoms with Gasteiger partial charge in [0.25, 0.3) is 0 Å². The van der Waals surface area contributed by atoms with Gasteiger partial charge in [0, 0.05) is 12.6 Å². The van der Waals surface area contributed by atoms with Gasteiger partial charge in [-0.25, -0.2) is 0 Å². The second-order valence-electron chi connectivity index (χ2n) is 2.27. The number of nitrogens with one attached hydrogen (secondary N) is 3. The first-order valence-electron chi connectivity index (χ1n) is 3.26. The minimum Gasteiger partial charge on any atom is -0.312 e. The van der Waals surface area contributed by atoms with Crippen molar-refractivity contribution < 1.29 is 0 Å². The van der Waals surface area contributed by atoms with Crippen LogP contribution in [0.1, 0.15) is 12.8 Å². The van der Waals surface area contributed by atoms with E-state index in [1.807, 2.05) is 0 Å². The Hall–Kier alpha value is -0.640. The molecule has 1 heterocycles. The molecule has 1 fully saturated rings. The van der Waals surface area contributed by atoms with Crippen LogP contribution in [0.2, 0.25) is 0 Å². The van der Waals surface area contributed by atoms with E-state index in [1.54, 1.807) is 0 Å². The van der Waals surface area contributed by atoms with Crippen molar-refractivity contribution in [2.45, 2.75) is 18.9 Å². The molecule has 0 amide bonds. The smallest absolute Gasteiger partial charge is 0.0500 e. The first kappa shape index (κ1) is 6.48. The Balaban J connectivity index is 2.04. The number of hydrogen-bond acceptors (Lipinski definition) is 3. The Kier molecular flexibility index (Phi) is 2.45. The molecule has 1 aliphatic rings. The van der Waals surface area contributed by atoms with Gasteiger partial charge < -0.3 is 5.32 Å². The zero-order valence-corrected chi connectivity index (χ0v) is 5.35. The molecule has 4 heteroatoms. The molecule has 0 aromatic heterocycles. The van der Waals surface area contributed by atoms with E-state index < -0.39 is 0 Å². The van der Waals surface area contributed by atoms with Crippen molar-refractivity contribution in [2.75, 3.05) is 13.1 Å². The molecule has 0 aromatic rings. The van der Waals surface area contributed by atoms with Gasteiger partial charge in [-0.1, -0.05) is 5.22 Å². The van der Waals surface area contributed by atoms with E-state index in [4.69, 9.17) is 5.53 Å². The summed E-state index contributed by atoms with van der Waals surface area (Å²) in [5.41, 5.74) is 9.07. The number of nitrogens with zero attached hydrogens (tertiary/aromatic N) is 1. The van der Waals surface area contributed by atoms with Crippen molar-refractivity contribution >= 4 is 0 Å². The Morgan fingerprint density at radius 3 is 3.22 bits per heavy atom. The molecule has 1 rings (SSSR count). The fraction of sp³-hybridized carbons (Fsp3) is 1.00. The first-order chi connectivity index (χ1) is 4.43. The van der Waals surface area contributed by atoms with Crippen molar-refractivity contribution in [1.82, 2.24) is 10.7 Å². The van der Waals surface area contributed by atoms with E-state index >= 15 is 0 Å². The monoisotopic (exact) mass is 128 g/mol. The zero-order valence-electron chi connectivity index (χ0n) is 5.35. The average molecular weight is 128 g/mol.